The summed E-state index contributed by atoms with van der Waals surface area (Å²) in [6.07, 6.45) is 6.02. The Bertz CT molecular complexity index is 272. The normalized spacial score (nSPS) is 18.6. The van der Waals surface area contributed by atoms with Crippen molar-refractivity contribution in [3.8, 4) is 0 Å². The second-order valence-corrected chi connectivity index (χ2v) is 5.03. The maximum Gasteiger partial charge on any atom is 0.329 e. The summed E-state index contributed by atoms with van der Waals surface area (Å²) in [6, 6.07) is 0. The highest BCUT2D eigenvalue weighted by Crippen LogP contribution is 2.34. The standard InChI is InChI=1S/C12H21NO4/c1-12(5-3-2-4-6-12)9-13-10(14)7-17-8-11(15)16/h2-9H2,1H3,(H,13,14)(H,15,16). The number of nitrogens with one attached hydrogen (secondary N) is 1. The van der Waals surface area contributed by atoms with Gasteiger partial charge in [-0.15, -0.1) is 0 Å². The second-order valence-electron chi connectivity index (χ2n) is 5.03. The van der Waals surface area contributed by atoms with E-state index in [1.165, 1.54) is 19.3 Å². The van der Waals surface area contributed by atoms with Crippen molar-refractivity contribution in [3.05, 3.63) is 0 Å². The molecule has 17 heavy (non-hydrogen) atoms. The van der Waals surface area contributed by atoms with Gasteiger partial charge in [0.1, 0.15) is 13.2 Å². The predicted octanol–water partition coefficient (Wildman–Crippen LogP) is 1.17. The molecule has 1 aliphatic carbocycles. The van der Waals surface area contributed by atoms with Crippen LogP contribution in [0.4, 0.5) is 0 Å². The van der Waals surface area contributed by atoms with E-state index in [-0.39, 0.29) is 17.9 Å². The van der Waals surface area contributed by atoms with Crippen LogP contribution < -0.4 is 5.32 Å². The molecule has 0 radical (unpaired) electrons. The van der Waals surface area contributed by atoms with Crippen molar-refractivity contribution in [1.29, 1.82) is 0 Å². The Morgan fingerprint density at radius 1 is 1.24 bits per heavy atom. The van der Waals surface area contributed by atoms with Crippen LogP contribution in [0.2, 0.25) is 0 Å². The number of carbonyl (C=O) groups is 2. The van der Waals surface area contributed by atoms with Crippen LogP contribution in [-0.2, 0) is 14.3 Å². The van der Waals surface area contributed by atoms with Crippen molar-refractivity contribution in [1.82, 2.24) is 5.32 Å². The molecule has 0 spiro atoms. The summed E-state index contributed by atoms with van der Waals surface area (Å²) in [6.45, 7) is 2.24. The van der Waals surface area contributed by atoms with Crippen molar-refractivity contribution in [2.75, 3.05) is 19.8 Å². The quantitative estimate of drug-likeness (QED) is 0.734. The molecule has 0 heterocycles. The molecule has 0 saturated heterocycles. The highest BCUT2D eigenvalue weighted by molar-refractivity contribution is 5.77. The van der Waals surface area contributed by atoms with Crippen LogP contribution >= 0.6 is 0 Å². The fourth-order valence-corrected chi connectivity index (χ4v) is 2.18. The zero-order chi connectivity index (χ0) is 12.7. The summed E-state index contributed by atoms with van der Waals surface area (Å²) >= 11 is 0. The van der Waals surface area contributed by atoms with Crippen LogP contribution in [0.3, 0.4) is 0 Å². The first kappa shape index (κ1) is 14.0. The molecule has 0 aromatic heterocycles. The molecule has 1 saturated carbocycles. The maximum absolute atomic E-state index is 11.4. The van der Waals surface area contributed by atoms with E-state index in [4.69, 9.17) is 9.84 Å². The van der Waals surface area contributed by atoms with Crippen LogP contribution in [0.5, 0.6) is 0 Å². The fourth-order valence-electron chi connectivity index (χ4n) is 2.18. The van der Waals surface area contributed by atoms with Crippen LogP contribution in [-0.4, -0.2) is 36.7 Å². The van der Waals surface area contributed by atoms with Crippen LogP contribution in [0, 0.1) is 5.41 Å². The summed E-state index contributed by atoms with van der Waals surface area (Å²) < 4.78 is 4.72. The maximum atomic E-state index is 11.4. The summed E-state index contributed by atoms with van der Waals surface area (Å²) in [4.78, 5) is 21.6. The number of carboxylic acid groups (broad SMARTS) is 1. The van der Waals surface area contributed by atoms with Crippen LogP contribution in [0.1, 0.15) is 39.0 Å². The van der Waals surface area contributed by atoms with Gasteiger partial charge in [-0.05, 0) is 18.3 Å². The van der Waals surface area contributed by atoms with Crippen LogP contribution in [0.15, 0.2) is 0 Å². The van der Waals surface area contributed by atoms with E-state index < -0.39 is 12.6 Å². The Balaban J connectivity index is 2.16. The monoisotopic (exact) mass is 243 g/mol. The lowest BCUT2D eigenvalue weighted by Crippen LogP contribution is -2.38. The van der Waals surface area contributed by atoms with Crippen molar-refractivity contribution < 1.29 is 19.4 Å². The van der Waals surface area contributed by atoms with Crippen molar-refractivity contribution >= 4 is 11.9 Å². The van der Waals surface area contributed by atoms with Gasteiger partial charge in [-0.3, -0.25) is 4.79 Å². The molecule has 0 atom stereocenters. The average molecular weight is 243 g/mol. The molecule has 0 aromatic rings. The topological polar surface area (TPSA) is 75.6 Å². The van der Waals surface area contributed by atoms with E-state index >= 15 is 0 Å². The Hall–Kier alpha value is -1.10. The number of aliphatic carboxylic acids is 1. The molecule has 5 heteroatoms. The zero-order valence-corrected chi connectivity index (χ0v) is 10.3. The zero-order valence-electron chi connectivity index (χ0n) is 10.3. The highest BCUT2D eigenvalue weighted by atomic mass is 16.5. The van der Waals surface area contributed by atoms with Gasteiger partial charge in [0.05, 0.1) is 0 Å². The van der Waals surface area contributed by atoms with E-state index in [0.29, 0.717) is 6.54 Å². The third kappa shape index (κ3) is 5.68. The first-order valence-corrected chi connectivity index (χ1v) is 6.08. The molecule has 5 nitrogen and oxygen atoms in total. The molecule has 0 unspecified atom stereocenters. The van der Waals surface area contributed by atoms with Crippen molar-refractivity contribution in [2.24, 2.45) is 5.41 Å². The Kier molecular flexibility index (Phi) is 5.41. The number of carbonyl (C=O) groups excluding carboxylic acids is 1. The molecule has 1 rings (SSSR count). The Morgan fingerprint density at radius 2 is 1.88 bits per heavy atom. The minimum absolute atomic E-state index is 0.178. The van der Waals surface area contributed by atoms with E-state index in [1.54, 1.807) is 0 Å². The number of amides is 1. The molecule has 1 aliphatic rings. The summed E-state index contributed by atoms with van der Waals surface area (Å²) in [7, 11) is 0. The molecular formula is C12H21NO4. The van der Waals surface area contributed by atoms with Crippen molar-refractivity contribution in [2.45, 2.75) is 39.0 Å². The summed E-state index contributed by atoms with van der Waals surface area (Å²) in [5, 5.41) is 11.2. The minimum Gasteiger partial charge on any atom is -0.480 e. The first-order valence-electron chi connectivity index (χ1n) is 6.08. The second kappa shape index (κ2) is 6.59. The van der Waals surface area contributed by atoms with E-state index in [2.05, 4.69) is 12.2 Å². The average Bonchev–Trinajstić information content (AvgIpc) is 2.27. The number of carboxylic acids is 1. The Labute approximate surface area is 102 Å². The van der Waals surface area contributed by atoms with E-state index in [9.17, 15) is 9.59 Å². The lowest BCUT2D eigenvalue weighted by atomic mass is 9.76. The largest absolute Gasteiger partial charge is 0.480 e. The molecule has 0 aliphatic heterocycles. The van der Waals surface area contributed by atoms with Gasteiger partial charge < -0.3 is 15.2 Å². The van der Waals surface area contributed by atoms with Crippen LogP contribution in [0.25, 0.3) is 0 Å². The molecule has 0 bridgehead atoms. The van der Waals surface area contributed by atoms with Gasteiger partial charge in [0, 0.05) is 6.54 Å². The van der Waals surface area contributed by atoms with Gasteiger partial charge in [0.2, 0.25) is 5.91 Å². The molecule has 2 N–H and O–H groups in total. The molecule has 98 valence electrons. The number of hydrogen-bond acceptors (Lipinski definition) is 3. The number of rotatable bonds is 6. The number of ether oxygens (including phenoxy) is 1. The lowest BCUT2D eigenvalue weighted by molar-refractivity contribution is -0.143. The molecule has 1 amide bonds. The third-order valence-electron chi connectivity index (χ3n) is 3.23. The van der Waals surface area contributed by atoms with Crippen molar-refractivity contribution in [3.63, 3.8) is 0 Å². The smallest absolute Gasteiger partial charge is 0.329 e. The Morgan fingerprint density at radius 3 is 2.47 bits per heavy atom. The highest BCUT2D eigenvalue weighted by Gasteiger charge is 2.26. The number of hydrogen-bond donors (Lipinski definition) is 2. The SMILES string of the molecule is CC1(CNC(=O)COCC(=O)O)CCCCC1. The van der Waals surface area contributed by atoms with Gasteiger partial charge >= 0.3 is 5.97 Å². The van der Waals surface area contributed by atoms with Gasteiger partial charge in [-0.2, -0.15) is 0 Å². The lowest BCUT2D eigenvalue weighted by Gasteiger charge is -2.33. The minimum atomic E-state index is -1.06. The molecule has 0 aromatic carbocycles. The van der Waals surface area contributed by atoms with Gasteiger partial charge in [-0.25, -0.2) is 4.79 Å². The van der Waals surface area contributed by atoms with Gasteiger partial charge in [0.15, 0.2) is 0 Å². The summed E-state index contributed by atoms with van der Waals surface area (Å²) in [5.41, 5.74) is 0.195. The third-order valence-corrected chi connectivity index (χ3v) is 3.23. The van der Waals surface area contributed by atoms with E-state index in [1.807, 2.05) is 0 Å². The fraction of sp³-hybridized carbons (Fsp3) is 0.833. The van der Waals surface area contributed by atoms with E-state index in [0.717, 1.165) is 12.8 Å². The van der Waals surface area contributed by atoms with Gasteiger partial charge in [-0.1, -0.05) is 26.2 Å². The first-order chi connectivity index (χ1) is 8.02. The van der Waals surface area contributed by atoms with Gasteiger partial charge in [0.25, 0.3) is 0 Å². The predicted molar refractivity (Wildman–Crippen MR) is 62.7 cm³/mol. The molecular weight excluding hydrogens is 222 g/mol. The molecule has 1 fully saturated rings. The summed E-state index contributed by atoms with van der Waals surface area (Å²) in [5.74, 6) is -1.30.